The van der Waals surface area contributed by atoms with Crippen LogP contribution in [-0.4, -0.2) is 23.0 Å². The van der Waals surface area contributed by atoms with Crippen molar-refractivity contribution < 1.29 is 9.53 Å². The molecule has 2 rings (SSSR count). The Balaban J connectivity index is 2.26. The van der Waals surface area contributed by atoms with E-state index in [2.05, 4.69) is 40.7 Å². The van der Waals surface area contributed by atoms with E-state index in [1.165, 1.54) is 18.9 Å². The number of aromatic amines is 1. The molecule has 1 aromatic heterocycles. The number of hydrogen-bond acceptors (Lipinski definition) is 3. The molecule has 0 bridgehead atoms. The molecule has 4 nitrogen and oxygen atoms in total. The van der Waals surface area contributed by atoms with Crippen LogP contribution in [0.3, 0.4) is 0 Å². The number of carbonyl (C=O) groups excluding carboxylic acids is 1. The normalized spacial score (nSPS) is 10.7. The summed E-state index contributed by atoms with van der Waals surface area (Å²) in [4.78, 5) is 18.4. The van der Waals surface area contributed by atoms with Crippen LogP contribution in [0, 0.1) is 0 Å². The molecule has 0 aliphatic rings. The van der Waals surface area contributed by atoms with E-state index in [4.69, 9.17) is 0 Å². The zero-order chi connectivity index (χ0) is 13.1. The summed E-state index contributed by atoms with van der Waals surface area (Å²) in [6, 6.07) is 8.13. The van der Waals surface area contributed by atoms with E-state index in [1.54, 1.807) is 0 Å². The Morgan fingerprint density at radius 1 is 1.28 bits per heavy atom. The van der Waals surface area contributed by atoms with Crippen LogP contribution in [0.4, 0.5) is 0 Å². The SMILES string of the molecule is COC(=O)c1cnc(-c2ccc(C(C)C)cc2)[nH]1. The van der Waals surface area contributed by atoms with Crippen molar-refractivity contribution in [1.29, 1.82) is 0 Å². The minimum absolute atomic E-state index is 0.362. The number of carbonyl (C=O) groups is 1. The Morgan fingerprint density at radius 3 is 2.50 bits per heavy atom. The summed E-state index contributed by atoms with van der Waals surface area (Å²) in [5.41, 5.74) is 2.59. The number of nitrogens with one attached hydrogen (secondary N) is 1. The minimum atomic E-state index is -0.410. The van der Waals surface area contributed by atoms with Crippen molar-refractivity contribution in [3.05, 3.63) is 41.7 Å². The summed E-state index contributed by atoms with van der Waals surface area (Å²) < 4.78 is 4.63. The summed E-state index contributed by atoms with van der Waals surface area (Å²) in [5, 5.41) is 0. The van der Waals surface area contributed by atoms with Crippen molar-refractivity contribution in [2.45, 2.75) is 19.8 Å². The average molecular weight is 244 g/mol. The molecular formula is C14H16N2O2. The van der Waals surface area contributed by atoms with E-state index >= 15 is 0 Å². The molecule has 0 saturated heterocycles. The fourth-order valence-electron chi connectivity index (χ4n) is 1.71. The van der Waals surface area contributed by atoms with Gasteiger partial charge in [-0.2, -0.15) is 0 Å². The molecule has 0 spiro atoms. The second-order valence-corrected chi connectivity index (χ2v) is 4.41. The monoisotopic (exact) mass is 244 g/mol. The summed E-state index contributed by atoms with van der Waals surface area (Å²) >= 11 is 0. The second-order valence-electron chi connectivity index (χ2n) is 4.41. The topological polar surface area (TPSA) is 55.0 Å². The summed E-state index contributed by atoms with van der Waals surface area (Å²) in [7, 11) is 1.35. The van der Waals surface area contributed by atoms with Gasteiger partial charge in [-0.15, -0.1) is 0 Å². The van der Waals surface area contributed by atoms with Gasteiger partial charge in [0.25, 0.3) is 0 Å². The third kappa shape index (κ3) is 2.42. The molecule has 0 atom stereocenters. The molecule has 1 N–H and O–H groups in total. The van der Waals surface area contributed by atoms with Gasteiger partial charge in [-0.3, -0.25) is 0 Å². The quantitative estimate of drug-likeness (QED) is 0.844. The number of H-pyrrole nitrogens is 1. The fourth-order valence-corrected chi connectivity index (χ4v) is 1.71. The smallest absolute Gasteiger partial charge is 0.356 e. The van der Waals surface area contributed by atoms with Crippen molar-refractivity contribution >= 4 is 5.97 Å². The summed E-state index contributed by atoms with van der Waals surface area (Å²) in [6.07, 6.45) is 1.48. The first-order valence-electron chi connectivity index (χ1n) is 5.85. The van der Waals surface area contributed by atoms with Gasteiger partial charge in [-0.1, -0.05) is 38.1 Å². The van der Waals surface area contributed by atoms with E-state index in [0.29, 0.717) is 17.4 Å². The van der Waals surface area contributed by atoms with E-state index in [-0.39, 0.29) is 0 Å². The maximum atomic E-state index is 11.3. The number of benzene rings is 1. The number of aromatic nitrogens is 2. The highest BCUT2D eigenvalue weighted by atomic mass is 16.5. The zero-order valence-electron chi connectivity index (χ0n) is 10.7. The number of nitrogens with zero attached hydrogens (tertiary/aromatic N) is 1. The third-order valence-corrected chi connectivity index (χ3v) is 2.83. The highest BCUT2D eigenvalue weighted by molar-refractivity contribution is 5.87. The number of ether oxygens (including phenoxy) is 1. The molecule has 0 aliphatic heterocycles. The van der Waals surface area contributed by atoms with Gasteiger partial charge >= 0.3 is 5.97 Å². The van der Waals surface area contributed by atoms with Crippen molar-refractivity contribution in [1.82, 2.24) is 9.97 Å². The molecule has 0 aliphatic carbocycles. The minimum Gasteiger partial charge on any atom is -0.464 e. The molecule has 0 amide bonds. The Bertz CT molecular complexity index is 541. The molecular weight excluding hydrogens is 228 g/mol. The Labute approximate surface area is 106 Å². The number of methoxy groups -OCH3 is 1. The molecule has 0 radical (unpaired) electrons. The van der Waals surface area contributed by atoms with Crippen LogP contribution < -0.4 is 0 Å². The van der Waals surface area contributed by atoms with Gasteiger partial charge in [0, 0.05) is 5.56 Å². The van der Waals surface area contributed by atoms with E-state index < -0.39 is 5.97 Å². The van der Waals surface area contributed by atoms with E-state index in [9.17, 15) is 4.79 Å². The maximum absolute atomic E-state index is 11.3. The van der Waals surface area contributed by atoms with Crippen LogP contribution in [0.15, 0.2) is 30.5 Å². The molecule has 94 valence electrons. The van der Waals surface area contributed by atoms with Gasteiger partial charge in [0.15, 0.2) is 0 Å². The highest BCUT2D eigenvalue weighted by Crippen LogP contribution is 2.20. The number of imidazole rings is 1. The summed E-state index contributed by atoms with van der Waals surface area (Å²) in [6.45, 7) is 4.30. The molecule has 2 aromatic rings. The van der Waals surface area contributed by atoms with Crippen LogP contribution in [-0.2, 0) is 4.74 Å². The lowest BCUT2D eigenvalue weighted by molar-refractivity contribution is 0.0595. The largest absolute Gasteiger partial charge is 0.464 e. The number of rotatable bonds is 3. The Morgan fingerprint density at radius 2 is 1.94 bits per heavy atom. The Kier molecular flexibility index (Phi) is 3.46. The predicted molar refractivity (Wildman–Crippen MR) is 69.5 cm³/mol. The van der Waals surface area contributed by atoms with E-state index in [0.717, 1.165) is 5.56 Å². The van der Waals surface area contributed by atoms with Gasteiger partial charge in [0.1, 0.15) is 11.5 Å². The zero-order valence-corrected chi connectivity index (χ0v) is 10.7. The lowest BCUT2D eigenvalue weighted by atomic mass is 10.0. The average Bonchev–Trinajstić information content (AvgIpc) is 2.87. The van der Waals surface area contributed by atoms with Crippen molar-refractivity contribution in [3.8, 4) is 11.4 Å². The van der Waals surface area contributed by atoms with Crippen molar-refractivity contribution in [2.24, 2.45) is 0 Å². The van der Waals surface area contributed by atoms with Crippen LogP contribution in [0.1, 0.15) is 35.8 Å². The van der Waals surface area contributed by atoms with Gasteiger partial charge in [0.2, 0.25) is 0 Å². The lowest BCUT2D eigenvalue weighted by Gasteiger charge is -2.05. The molecule has 0 unspecified atom stereocenters. The fraction of sp³-hybridized carbons (Fsp3) is 0.286. The van der Waals surface area contributed by atoms with Crippen LogP contribution in [0.25, 0.3) is 11.4 Å². The Hall–Kier alpha value is -2.10. The van der Waals surface area contributed by atoms with Gasteiger partial charge in [0.05, 0.1) is 13.3 Å². The molecule has 1 heterocycles. The first-order valence-corrected chi connectivity index (χ1v) is 5.85. The lowest BCUT2D eigenvalue weighted by Crippen LogP contribution is -2.00. The van der Waals surface area contributed by atoms with Crippen molar-refractivity contribution in [3.63, 3.8) is 0 Å². The van der Waals surface area contributed by atoms with Crippen molar-refractivity contribution in [2.75, 3.05) is 7.11 Å². The number of esters is 1. The first-order chi connectivity index (χ1) is 8.61. The molecule has 0 fully saturated rings. The summed E-state index contributed by atoms with van der Waals surface area (Å²) in [5.74, 6) is 0.763. The van der Waals surface area contributed by atoms with Crippen LogP contribution >= 0.6 is 0 Å². The first kappa shape index (κ1) is 12.4. The number of hydrogen-bond donors (Lipinski definition) is 1. The maximum Gasteiger partial charge on any atom is 0.356 e. The predicted octanol–water partition coefficient (Wildman–Crippen LogP) is 2.99. The van der Waals surface area contributed by atoms with Gasteiger partial charge < -0.3 is 9.72 Å². The van der Waals surface area contributed by atoms with E-state index in [1.807, 2.05) is 12.1 Å². The second kappa shape index (κ2) is 5.04. The molecule has 4 heteroatoms. The standard InChI is InChI=1S/C14H16N2O2/c1-9(2)10-4-6-11(7-5-10)13-15-8-12(16-13)14(17)18-3/h4-9H,1-3H3,(H,15,16). The van der Waals surface area contributed by atoms with Gasteiger partial charge in [-0.25, -0.2) is 9.78 Å². The van der Waals surface area contributed by atoms with Crippen LogP contribution in [0.5, 0.6) is 0 Å². The van der Waals surface area contributed by atoms with Crippen LogP contribution in [0.2, 0.25) is 0 Å². The van der Waals surface area contributed by atoms with Gasteiger partial charge in [-0.05, 0) is 11.5 Å². The highest BCUT2D eigenvalue weighted by Gasteiger charge is 2.10. The third-order valence-electron chi connectivity index (χ3n) is 2.83. The molecule has 1 aromatic carbocycles. The molecule has 18 heavy (non-hydrogen) atoms. The molecule has 0 saturated carbocycles.